The monoisotopic (exact) mass is 328 g/mol. The molecule has 0 fully saturated rings. The fraction of sp³-hybridized carbons (Fsp3) is 0.182. The number of benzene rings is 1. The second kappa shape index (κ2) is 5.97. The molecule has 2 rings (SSSR count). The van der Waals surface area contributed by atoms with E-state index in [9.17, 15) is 0 Å². The average Bonchev–Trinajstić information content (AvgIpc) is 2.36. The Labute approximate surface area is 118 Å². The van der Waals surface area contributed by atoms with Gasteiger partial charge >= 0.3 is 6.01 Å². The highest BCUT2D eigenvalue weighted by Crippen LogP contribution is 2.14. The third-order valence-electron chi connectivity index (χ3n) is 2.11. The Bertz CT molecular complexity index is 552. The molecule has 0 aliphatic rings. The van der Waals surface area contributed by atoms with Crippen molar-refractivity contribution in [1.29, 1.82) is 0 Å². The summed E-state index contributed by atoms with van der Waals surface area (Å²) in [5.41, 5.74) is 1.10. The molecule has 0 bridgehead atoms. The van der Waals surface area contributed by atoms with E-state index in [4.69, 9.17) is 16.3 Å². The number of hydrogen-bond donors (Lipinski definition) is 1. The van der Waals surface area contributed by atoms with Gasteiger partial charge in [-0.2, -0.15) is 15.0 Å². The molecule has 0 aliphatic carbocycles. The van der Waals surface area contributed by atoms with Crippen LogP contribution in [0.4, 0.5) is 5.95 Å². The number of anilines is 1. The highest BCUT2D eigenvalue weighted by atomic mass is 79.9. The standard InChI is InChI=1S/C11H10BrClN4O/c1-18-11-16-9(13)15-10(17-11)14-6-7-3-2-4-8(12)5-7/h2-5H,6H2,1H3,(H,14,15,16,17). The lowest BCUT2D eigenvalue weighted by molar-refractivity contribution is 0.379. The molecule has 5 nitrogen and oxygen atoms in total. The third-order valence-corrected chi connectivity index (χ3v) is 2.77. The molecule has 1 aromatic carbocycles. The third kappa shape index (κ3) is 3.54. The molecule has 0 amide bonds. The second-order valence-electron chi connectivity index (χ2n) is 3.40. The van der Waals surface area contributed by atoms with Crippen LogP contribution in [0, 0.1) is 0 Å². The van der Waals surface area contributed by atoms with Crippen molar-refractivity contribution < 1.29 is 4.74 Å². The van der Waals surface area contributed by atoms with Gasteiger partial charge in [0.15, 0.2) is 0 Å². The number of methoxy groups -OCH3 is 1. The Balaban J connectivity index is 2.08. The van der Waals surface area contributed by atoms with E-state index in [2.05, 4.69) is 36.2 Å². The molecule has 2 aromatic rings. The zero-order chi connectivity index (χ0) is 13.0. The number of rotatable bonds is 4. The number of halogens is 2. The molecule has 7 heteroatoms. The molecule has 0 saturated carbocycles. The maximum Gasteiger partial charge on any atom is 0.322 e. The quantitative estimate of drug-likeness (QED) is 0.934. The van der Waals surface area contributed by atoms with Crippen molar-refractivity contribution in [3.05, 3.63) is 39.6 Å². The molecular formula is C11H10BrClN4O. The molecule has 0 unspecified atom stereocenters. The van der Waals surface area contributed by atoms with Crippen molar-refractivity contribution in [1.82, 2.24) is 15.0 Å². The number of aromatic nitrogens is 3. The van der Waals surface area contributed by atoms with Crippen LogP contribution in [-0.2, 0) is 6.54 Å². The highest BCUT2D eigenvalue weighted by molar-refractivity contribution is 9.10. The molecule has 1 N–H and O–H groups in total. The molecule has 0 saturated heterocycles. The van der Waals surface area contributed by atoms with Crippen molar-refractivity contribution in [2.24, 2.45) is 0 Å². The Morgan fingerprint density at radius 3 is 2.89 bits per heavy atom. The first-order valence-corrected chi connectivity index (χ1v) is 6.28. The molecule has 1 aromatic heterocycles. The SMILES string of the molecule is COc1nc(Cl)nc(NCc2cccc(Br)c2)n1. The first kappa shape index (κ1) is 13.0. The van der Waals surface area contributed by atoms with Gasteiger partial charge in [0.2, 0.25) is 11.2 Å². The summed E-state index contributed by atoms with van der Waals surface area (Å²) >= 11 is 9.16. The normalized spacial score (nSPS) is 10.2. The van der Waals surface area contributed by atoms with Crippen molar-refractivity contribution in [2.45, 2.75) is 6.54 Å². The summed E-state index contributed by atoms with van der Waals surface area (Å²) in [5, 5.41) is 3.15. The first-order chi connectivity index (χ1) is 8.67. The van der Waals surface area contributed by atoms with Gasteiger partial charge in [0.25, 0.3) is 0 Å². The zero-order valence-corrected chi connectivity index (χ0v) is 11.9. The molecule has 0 spiro atoms. The van der Waals surface area contributed by atoms with E-state index in [0.717, 1.165) is 10.0 Å². The van der Waals surface area contributed by atoms with Crippen molar-refractivity contribution in [3.8, 4) is 6.01 Å². The van der Waals surface area contributed by atoms with E-state index in [1.54, 1.807) is 0 Å². The van der Waals surface area contributed by atoms with Crippen LogP contribution in [0.25, 0.3) is 0 Å². The summed E-state index contributed by atoms with van der Waals surface area (Å²) in [6.07, 6.45) is 0. The van der Waals surface area contributed by atoms with E-state index < -0.39 is 0 Å². The van der Waals surface area contributed by atoms with Crippen LogP contribution in [0.2, 0.25) is 5.28 Å². The summed E-state index contributed by atoms with van der Waals surface area (Å²) in [6, 6.07) is 8.12. The summed E-state index contributed by atoms with van der Waals surface area (Å²) in [7, 11) is 1.48. The minimum atomic E-state index is 0.0959. The minimum Gasteiger partial charge on any atom is -0.467 e. The van der Waals surface area contributed by atoms with Gasteiger partial charge in [-0.25, -0.2) is 0 Å². The van der Waals surface area contributed by atoms with Gasteiger partial charge in [-0.15, -0.1) is 0 Å². The van der Waals surface area contributed by atoms with Gasteiger partial charge in [-0.05, 0) is 29.3 Å². The van der Waals surface area contributed by atoms with Crippen LogP contribution < -0.4 is 10.1 Å². The second-order valence-corrected chi connectivity index (χ2v) is 4.65. The van der Waals surface area contributed by atoms with Crippen LogP contribution in [0.15, 0.2) is 28.7 Å². The van der Waals surface area contributed by atoms with Gasteiger partial charge < -0.3 is 10.1 Å². The minimum absolute atomic E-state index is 0.0959. The van der Waals surface area contributed by atoms with Gasteiger partial charge in [-0.1, -0.05) is 28.1 Å². The van der Waals surface area contributed by atoms with Crippen LogP contribution in [0.1, 0.15) is 5.56 Å². The molecule has 0 radical (unpaired) electrons. The summed E-state index contributed by atoms with van der Waals surface area (Å²) in [5.74, 6) is 0.381. The molecule has 0 aliphatic heterocycles. The maximum absolute atomic E-state index is 5.75. The molecule has 0 atom stereocenters. The Hall–Kier alpha value is -1.40. The lowest BCUT2D eigenvalue weighted by Crippen LogP contribution is -2.06. The van der Waals surface area contributed by atoms with Crippen LogP contribution >= 0.6 is 27.5 Å². The zero-order valence-electron chi connectivity index (χ0n) is 9.52. The maximum atomic E-state index is 5.75. The number of nitrogens with zero attached hydrogens (tertiary/aromatic N) is 3. The highest BCUT2D eigenvalue weighted by Gasteiger charge is 2.04. The average molecular weight is 330 g/mol. The number of nitrogens with one attached hydrogen (secondary N) is 1. The summed E-state index contributed by atoms with van der Waals surface area (Å²) < 4.78 is 5.93. The predicted molar refractivity (Wildman–Crippen MR) is 72.9 cm³/mol. The summed E-state index contributed by atoms with van der Waals surface area (Å²) in [6.45, 7) is 0.586. The van der Waals surface area contributed by atoms with Crippen molar-refractivity contribution in [3.63, 3.8) is 0 Å². The largest absolute Gasteiger partial charge is 0.467 e. The van der Waals surface area contributed by atoms with Crippen LogP contribution in [0.5, 0.6) is 6.01 Å². The lowest BCUT2D eigenvalue weighted by Gasteiger charge is -2.06. The first-order valence-electron chi connectivity index (χ1n) is 5.11. The Morgan fingerprint density at radius 1 is 1.33 bits per heavy atom. The van der Waals surface area contributed by atoms with Crippen molar-refractivity contribution >= 4 is 33.5 Å². The van der Waals surface area contributed by atoms with Gasteiger partial charge in [0.1, 0.15) is 0 Å². The van der Waals surface area contributed by atoms with Crippen molar-refractivity contribution in [2.75, 3.05) is 12.4 Å². The Kier molecular flexibility index (Phi) is 4.33. The van der Waals surface area contributed by atoms with Crippen LogP contribution in [0.3, 0.4) is 0 Å². The van der Waals surface area contributed by atoms with Gasteiger partial charge in [-0.3, -0.25) is 0 Å². The number of ether oxygens (including phenoxy) is 1. The smallest absolute Gasteiger partial charge is 0.322 e. The van der Waals surface area contributed by atoms with Crippen LogP contribution in [-0.4, -0.2) is 22.1 Å². The molecule has 1 heterocycles. The lowest BCUT2D eigenvalue weighted by atomic mass is 10.2. The van der Waals surface area contributed by atoms with Gasteiger partial charge in [0, 0.05) is 11.0 Å². The Morgan fingerprint density at radius 2 is 2.17 bits per heavy atom. The molecule has 18 heavy (non-hydrogen) atoms. The van der Waals surface area contributed by atoms with E-state index in [-0.39, 0.29) is 11.3 Å². The van der Waals surface area contributed by atoms with E-state index in [0.29, 0.717) is 12.5 Å². The topological polar surface area (TPSA) is 59.9 Å². The fourth-order valence-electron chi connectivity index (χ4n) is 1.33. The predicted octanol–water partition coefficient (Wildman–Crippen LogP) is 2.91. The van der Waals surface area contributed by atoms with E-state index in [1.165, 1.54) is 7.11 Å². The number of hydrogen-bond acceptors (Lipinski definition) is 5. The molecule has 94 valence electrons. The van der Waals surface area contributed by atoms with E-state index in [1.807, 2.05) is 24.3 Å². The van der Waals surface area contributed by atoms with E-state index >= 15 is 0 Å². The van der Waals surface area contributed by atoms with Gasteiger partial charge in [0.05, 0.1) is 7.11 Å². The fourth-order valence-corrected chi connectivity index (χ4v) is 1.93. The summed E-state index contributed by atoms with van der Waals surface area (Å²) in [4.78, 5) is 11.8. The molecular weight excluding hydrogens is 320 g/mol.